The van der Waals surface area contributed by atoms with Gasteiger partial charge in [-0.25, -0.2) is 4.39 Å². The Morgan fingerprint density at radius 2 is 2.06 bits per heavy atom. The number of ether oxygens (including phenoxy) is 1. The second-order valence-corrected chi connectivity index (χ2v) is 4.82. The van der Waals surface area contributed by atoms with Gasteiger partial charge in [0.1, 0.15) is 0 Å². The van der Waals surface area contributed by atoms with E-state index in [0.29, 0.717) is 25.0 Å². The first-order valence-corrected chi connectivity index (χ1v) is 6.30. The van der Waals surface area contributed by atoms with Crippen molar-refractivity contribution >= 4 is 11.6 Å². The lowest BCUT2D eigenvalue weighted by Gasteiger charge is -2.24. The van der Waals surface area contributed by atoms with Crippen LogP contribution in [-0.4, -0.2) is 11.7 Å². The van der Waals surface area contributed by atoms with Gasteiger partial charge in [-0.15, -0.1) is 0 Å². The highest BCUT2D eigenvalue weighted by atomic mass is 35.5. The highest BCUT2D eigenvalue weighted by Crippen LogP contribution is 2.43. The number of hydrogen-bond donors (Lipinski definition) is 1. The van der Waals surface area contributed by atoms with Crippen LogP contribution >= 0.6 is 11.6 Å². The maximum absolute atomic E-state index is 14.2. The van der Waals surface area contributed by atoms with Crippen molar-refractivity contribution in [1.82, 2.24) is 0 Å². The summed E-state index contributed by atoms with van der Waals surface area (Å²) >= 11 is 5.89. The van der Waals surface area contributed by atoms with Crippen molar-refractivity contribution in [2.24, 2.45) is 0 Å². The summed E-state index contributed by atoms with van der Waals surface area (Å²) < 4.78 is 19.4. The zero-order chi connectivity index (χ0) is 12.5. The molecule has 0 bridgehead atoms. The van der Waals surface area contributed by atoms with E-state index in [1.165, 1.54) is 0 Å². The van der Waals surface area contributed by atoms with Gasteiger partial charge < -0.3 is 9.84 Å². The Morgan fingerprint density at radius 1 is 1.41 bits per heavy atom. The van der Waals surface area contributed by atoms with Crippen LogP contribution in [0.25, 0.3) is 0 Å². The zero-order valence-corrected chi connectivity index (χ0v) is 10.6. The van der Waals surface area contributed by atoms with E-state index in [2.05, 4.69) is 0 Å². The molecule has 2 rings (SSSR count). The van der Waals surface area contributed by atoms with Crippen LogP contribution < -0.4 is 4.74 Å². The van der Waals surface area contributed by atoms with Crippen molar-refractivity contribution in [3.63, 3.8) is 0 Å². The lowest BCUT2D eigenvalue weighted by atomic mass is 9.91. The fourth-order valence-electron chi connectivity index (χ4n) is 2.40. The van der Waals surface area contributed by atoms with Crippen LogP contribution in [0.4, 0.5) is 4.39 Å². The Morgan fingerprint density at radius 3 is 2.65 bits per heavy atom. The molecule has 1 saturated carbocycles. The Bertz CT molecular complexity index is 414. The predicted molar refractivity (Wildman–Crippen MR) is 64.9 cm³/mol. The molecule has 0 saturated heterocycles. The Hall–Kier alpha value is -0.800. The van der Waals surface area contributed by atoms with Crippen LogP contribution in [0.2, 0.25) is 5.02 Å². The van der Waals surface area contributed by atoms with Gasteiger partial charge in [-0.05, 0) is 25.8 Å². The smallest absolute Gasteiger partial charge is 0.173 e. The fourth-order valence-corrected chi connectivity index (χ4v) is 2.60. The van der Waals surface area contributed by atoms with E-state index >= 15 is 0 Å². The second-order valence-electron chi connectivity index (χ2n) is 4.41. The van der Waals surface area contributed by atoms with Gasteiger partial charge in [-0.1, -0.05) is 30.5 Å². The summed E-state index contributed by atoms with van der Waals surface area (Å²) in [6, 6.07) is 3.15. The molecule has 1 aliphatic rings. The molecule has 0 radical (unpaired) electrons. The average molecular weight is 259 g/mol. The van der Waals surface area contributed by atoms with Crippen molar-refractivity contribution in [2.45, 2.75) is 38.2 Å². The van der Waals surface area contributed by atoms with Crippen molar-refractivity contribution in [3.8, 4) is 5.75 Å². The summed E-state index contributed by atoms with van der Waals surface area (Å²) in [6.45, 7) is 2.12. The van der Waals surface area contributed by atoms with Crippen molar-refractivity contribution in [1.29, 1.82) is 0 Å². The molecule has 1 aromatic carbocycles. The second kappa shape index (κ2) is 4.83. The monoisotopic (exact) mass is 258 g/mol. The van der Waals surface area contributed by atoms with E-state index in [1.807, 2.05) is 0 Å². The summed E-state index contributed by atoms with van der Waals surface area (Å²) in [5.74, 6) is -0.476. The molecule has 94 valence electrons. The molecule has 0 atom stereocenters. The van der Waals surface area contributed by atoms with E-state index in [1.54, 1.807) is 19.1 Å². The highest BCUT2D eigenvalue weighted by Gasteiger charge is 2.36. The Labute approximate surface area is 105 Å². The molecule has 1 aromatic rings. The molecule has 17 heavy (non-hydrogen) atoms. The molecule has 1 aliphatic carbocycles. The number of rotatable bonds is 3. The van der Waals surface area contributed by atoms with Crippen LogP contribution in [0.5, 0.6) is 5.75 Å². The normalized spacial score (nSPS) is 18.4. The molecule has 0 heterocycles. The average Bonchev–Trinajstić information content (AvgIpc) is 2.72. The number of hydrogen-bond acceptors (Lipinski definition) is 2. The van der Waals surface area contributed by atoms with E-state index in [4.69, 9.17) is 16.3 Å². The Balaban J connectivity index is 2.45. The molecule has 0 amide bonds. The summed E-state index contributed by atoms with van der Waals surface area (Å²) in [7, 11) is 0. The zero-order valence-electron chi connectivity index (χ0n) is 9.80. The van der Waals surface area contributed by atoms with Gasteiger partial charge in [0, 0.05) is 5.56 Å². The first-order valence-electron chi connectivity index (χ1n) is 5.92. The maximum atomic E-state index is 14.2. The van der Waals surface area contributed by atoms with Gasteiger partial charge in [0.2, 0.25) is 0 Å². The van der Waals surface area contributed by atoms with Crippen LogP contribution in [0.15, 0.2) is 12.1 Å². The van der Waals surface area contributed by atoms with Gasteiger partial charge in [-0.3, -0.25) is 0 Å². The SMILES string of the molecule is CCOc1c(Cl)ccc(C2(O)CCCC2)c1F. The van der Waals surface area contributed by atoms with E-state index in [0.717, 1.165) is 12.8 Å². The molecule has 1 N–H and O–H groups in total. The van der Waals surface area contributed by atoms with Crippen LogP contribution in [0, 0.1) is 5.82 Å². The van der Waals surface area contributed by atoms with Crippen LogP contribution in [0.1, 0.15) is 38.2 Å². The van der Waals surface area contributed by atoms with Crippen molar-refractivity contribution in [3.05, 3.63) is 28.5 Å². The quantitative estimate of drug-likeness (QED) is 0.897. The van der Waals surface area contributed by atoms with E-state index in [9.17, 15) is 9.50 Å². The third-order valence-electron chi connectivity index (χ3n) is 3.27. The van der Waals surface area contributed by atoms with Gasteiger partial charge in [0.05, 0.1) is 17.2 Å². The molecular formula is C13H16ClFO2. The minimum absolute atomic E-state index is 0.0481. The molecule has 0 aromatic heterocycles. The highest BCUT2D eigenvalue weighted by molar-refractivity contribution is 6.32. The number of benzene rings is 1. The minimum atomic E-state index is -1.06. The summed E-state index contributed by atoms with van der Waals surface area (Å²) in [4.78, 5) is 0. The largest absolute Gasteiger partial charge is 0.489 e. The minimum Gasteiger partial charge on any atom is -0.489 e. The van der Waals surface area contributed by atoms with Gasteiger partial charge in [0.15, 0.2) is 11.6 Å². The molecule has 0 unspecified atom stereocenters. The first-order chi connectivity index (χ1) is 8.08. The number of halogens is 2. The predicted octanol–water partition coefficient (Wildman–Crippen LogP) is 3.64. The summed E-state index contributed by atoms with van der Waals surface area (Å²) in [6.07, 6.45) is 3.03. The molecule has 1 fully saturated rings. The van der Waals surface area contributed by atoms with Crippen LogP contribution in [-0.2, 0) is 5.60 Å². The summed E-state index contributed by atoms with van der Waals surface area (Å²) in [5, 5.41) is 10.6. The van der Waals surface area contributed by atoms with Gasteiger partial charge in [0.25, 0.3) is 0 Å². The molecule has 2 nitrogen and oxygen atoms in total. The van der Waals surface area contributed by atoms with Gasteiger partial charge >= 0.3 is 0 Å². The van der Waals surface area contributed by atoms with Crippen molar-refractivity contribution < 1.29 is 14.2 Å². The van der Waals surface area contributed by atoms with Crippen molar-refractivity contribution in [2.75, 3.05) is 6.61 Å². The van der Waals surface area contributed by atoms with Gasteiger partial charge in [-0.2, -0.15) is 0 Å². The van der Waals surface area contributed by atoms with E-state index < -0.39 is 11.4 Å². The third-order valence-corrected chi connectivity index (χ3v) is 3.57. The standard InChI is InChI=1S/C13H16ClFO2/c1-2-17-12-10(14)6-5-9(11(12)15)13(16)7-3-4-8-13/h5-6,16H,2-4,7-8H2,1H3. The Kier molecular flexibility index (Phi) is 3.59. The molecule has 0 aliphatic heterocycles. The van der Waals surface area contributed by atoms with E-state index in [-0.39, 0.29) is 10.8 Å². The lowest BCUT2D eigenvalue weighted by molar-refractivity contribution is 0.0402. The summed E-state index contributed by atoms with van der Waals surface area (Å²) in [5.41, 5.74) is -0.747. The first kappa shape index (κ1) is 12.7. The molecule has 0 spiro atoms. The third kappa shape index (κ3) is 2.26. The molecule has 4 heteroatoms. The maximum Gasteiger partial charge on any atom is 0.173 e. The lowest BCUT2D eigenvalue weighted by Crippen LogP contribution is -2.23. The topological polar surface area (TPSA) is 29.5 Å². The van der Waals surface area contributed by atoms with Crippen LogP contribution in [0.3, 0.4) is 0 Å². The fraction of sp³-hybridized carbons (Fsp3) is 0.538. The molecular weight excluding hydrogens is 243 g/mol. The number of aliphatic hydroxyl groups is 1.